The summed E-state index contributed by atoms with van der Waals surface area (Å²) < 4.78 is 44.1. The van der Waals surface area contributed by atoms with Gasteiger partial charge in [-0.05, 0) is 56.5 Å². The number of aromatic nitrogens is 2. The Labute approximate surface area is 224 Å². The van der Waals surface area contributed by atoms with Crippen LogP contribution in [0.15, 0.2) is 42.7 Å². The molecular weight excluding hydrogens is 493 g/mol. The minimum atomic E-state index is -4.52. The number of alkyl halides is 3. The van der Waals surface area contributed by atoms with Gasteiger partial charge in [-0.15, -0.1) is 0 Å². The number of halogens is 3. The van der Waals surface area contributed by atoms with Crippen LogP contribution in [0.3, 0.4) is 0 Å². The normalized spacial score (nSPS) is 24.3. The summed E-state index contributed by atoms with van der Waals surface area (Å²) >= 11 is 0. The molecule has 2 aliphatic rings. The predicted molar refractivity (Wildman–Crippen MR) is 145 cm³/mol. The number of carbonyl (C=O) groups excluding carboxylic acids is 1. The standard InChI is InChI=1S/C26H36B2F3N5O2/c1-18-15-34(23-14-32-22(13-33-23)26(29,30)31)16-19(2)36(18)24(37)38-11-9-20-8-10-35(25(27,28)12-20)17-21-6-4-3-5-7-21/h3-7,13-14,18-20H,8-12,15-17,27-28H2,1-2H3/t18-,19-,20?/m1/s1. The molecular formula is C26H36B2F3N5O2. The van der Waals surface area contributed by atoms with E-state index in [4.69, 9.17) is 4.74 Å². The Morgan fingerprint density at radius 3 is 2.37 bits per heavy atom. The molecule has 0 saturated carbocycles. The van der Waals surface area contributed by atoms with Gasteiger partial charge in [0.1, 0.15) is 21.5 Å². The van der Waals surface area contributed by atoms with Crippen molar-refractivity contribution in [3.63, 3.8) is 0 Å². The molecule has 1 aromatic heterocycles. The zero-order valence-electron chi connectivity index (χ0n) is 22.6. The molecule has 2 aromatic rings. The van der Waals surface area contributed by atoms with Gasteiger partial charge in [0, 0.05) is 19.6 Å². The maximum atomic E-state index is 13.0. The number of piperidine rings is 1. The van der Waals surface area contributed by atoms with Crippen LogP contribution in [0.4, 0.5) is 23.8 Å². The number of piperazine rings is 1. The number of carbonyl (C=O) groups is 1. The Morgan fingerprint density at radius 1 is 1.11 bits per heavy atom. The SMILES string of the molecule is BC1(B)CC(CCOC(=O)N2[C@H](C)CN(c3cnc(C(F)(F)F)cn3)C[C@H]2C)CCN1Cc1ccccc1. The Balaban J connectivity index is 1.24. The second-order valence-corrected chi connectivity index (χ2v) is 11.2. The zero-order chi connectivity index (χ0) is 27.5. The lowest BCUT2D eigenvalue weighted by Crippen LogP contribution is -2.59. The molecule has 0 N–H and O–H groups in total. The van der Waals surface area contributed by atoms with Crippen molar-refractivity contribution in [2.45, 2.75) is 63.3 Å². The highest BCUT2D eigenvalue weighted by Gasteiger charge is 2.37. The quantitative estimate of drug-likeness (QED) is 0.537. The van der Waals surface area contributed by atoms with E-state index in [1.807, 2.05) is 24.8 Å². The first-order valence-corrected chi connectivity index (χ1v) is 13.3. The lowest BCUT2D eigenvalue weighted by Gasteiger charge is -2.46. The third-order valence-corrected chi connectivity index (χ3v) is 7.80. The summed E-state index contributed by atoms with van der Waals surface area (Å²) in [5.41, 5.74) is 0.302. The molecule has 0 spiro atoms. The van der Waals surface area contributed by atoms with Crippen LogP contribution >= 0.6 is 0 Å². The van der Waals surface area contributed by atoms with Gasteiger partial charge < -0.3 is 14.5 Å². The molecule has 1 unspecified atom stereocenters. The molecule has 7 nitrogen and oxygen atoms in total. The van der Waals surface area contributed by atoms with Gasteiger partial charge in [0.15, 0.2) is 5.69 Å². The van der Waals surface area contributed by atoms with E-state index in [1.165, 1.54) is 5.56 Å². The third-order valence-electron chi connectivity index (χ3n) is 7.80. The number of rotatable bonds is 6. The van der Waals surface area contributed by atoms with Crippen LogP contribution in [0.25, 0.3) is 0 Å². The second-order valence-electron chi connectivity index (χ2n) is 11.2. The largest absolute Gasteiger partial charge is 0.449 e. The first-order valence-electron chi connectivity index (χ1n) is 13.3. The van der Waals surface area contributed by atoms with E-state index in [-0.39, 0.29) is 23.5 Å². The fourth-order valence-corrected chi connectivity index (χ4v) is 5.81. The molecule has 12 heteroatoms. The molecule has 0 radical (unpaired) electrons. The minimum Gasteiger partial charge on any atom is -0.449 e. The third kappa shape index (κ3) is 6.81. The van der Waals surface area contributed by atoms with E-state index in [1.54, 1.807) is 4.90 Å². The monoisotopic (exact) mass is 529 g/mol. The van der Waals surface area contributed by atoms with Crippen molar-refractivity contribution >= 4 is 27.6 Å². The van der Waals surface area contributed by atoms with Crippen molar-refractivity contribution in [1.29, 1.82) is 0 Å². The summed E-state index contributed by atoms with van der Waals surface area (Å²) in [6.07, 6.45) is -0.0164. The number of hydrogen-bond donors (Lipinski definition) is 0. The van der Waals surface area contributed by atoms with Crippen molar-refractivity contribution in [2.24, 2.45) is 5.92 Å². The lowest BCUT2D eigenvalue weighted by atomic mass is 9.54. The van der Waals surface area contributed by atoms with Gasteiger partial charge >= 0.3 is 12.3 Å². The van der Waals surface area contributed by atoms with Crippen molar-refractivity contribution in [2.75, 3.05) is 31.1 Å². The fraction of sp³-hybridized carbons (Fsp3) is 0.577. The van der Waals surface area contributed by atoms with Crippen LogP contribution in [0.1, 0.15) is 44.4 Å². The van der Waals surface area contributed by atoms with Gasteiger partial charge in [-0.1, -0.05) is 30.3 Å². The van der Waals surface area contributed by atoms with Crippen LogP contribution < -0.4 is 4.90 Å². The van der Waals surface area contributed by atoms with Crippen LogP contribution in [0, 0.1) is 5.92 Å². The molecule has 38 heavy (non-hydrogen) atoms. The Hall–Kier alpha value is -2.75. The van der Waals surface area contributed by atoms with Crippen LogP contribution in [-0.4, -0.2) is 85.2 Å². The number of likely N-dealkylation sites (tertiary alicyclic amines) is 1. The number of hydrogen-bond acceptors (Lipinski definition) is 6. The smallest absolute Gasteiger partial charge is 0.434 e. The molecule has 1 amide bonds. The zero-order valence-corrected chi connectivity index (χ0v) is 22.6. The lowest BCUT2D eigenvalue weighted by molar-refractivity contribution is -0.141. The van der Waals surface area contributed by atoms with Gasteiger partial charge in [-0.25, -0.2) is 14.8 Å². The molecule has 2 fully saturated rings. The van der Waals surface area contributed by atoms with Gasteiger partial charge in [0.2, 0.25) is 0 Å². The Kier molecular flexibility index (Phi) is 8.59. The summed E-state index contributed by atoms with van der Waals surface area (Å²) in [6, 6.07) is 10.2. The summed E-state index contributed by atoms with van der Waals surface area (Å²) in [5, 5.41) is 0.0727. The molecule has 1 aromatic carbocycles. The Bertz CT molecular complexity index is 1060. The predicted octanol–water partition coefficient (Wildman–Crippen LogP) is 2.75. The molecule has 204 valence electrons. The van der Waals surface area contributed by atoms with Gasteiger partial charge in [0.25, 0.3) is 0 Å². The molecule has 2 aliphatic heterocycles. The average molecular weight is 529 g/mol. The number of ether oxygens (including phenoxy) is 1. The number of benzene rings is 1. The van der Waals surface area contributed by atoms with E-state index in [0.717, 1.165) is 44.7 Å². The minimum absolute atomic E-state index is 0.0727. The highest BCUT2D eigenvalue weighted by molar-refractivity contribution is 6.40. The van der Waals surface area contributed by atoms with Crippen molar-refractivity contribution < 1.29 is 22.7 Å². The van der Waals surface area contributed by atoms with Gasteiger partial charge in [0.05, 0.1) is 31.1 Å². The van der Waals surface area contributed by atoms with E-state index >= 15 is 0 Å². The van der Waals surface area contributed by atoms with Crippen molar-refractivity contribution in [1.82, 2.24) is 19.8 Å². The summed E-state index contributed by atoms with van der Waals surface area (Å²) in [6.45, 7) is 7.03. The summed E-state index contributed by atoms with van der Waals surface area (Å²) in [4.78, 5) is 26.6. The average Bonchev–Trinajstić information content (AvgIpc) is 2.85. The van der Waals surface area contributed by atoms with Crippen LogP contribution in [0.5, 0.6) is 0 Å². The molecule has 3 heterocycles. The van der Waals surface area contributed by atoms with Crippen LogP contribution in [0.2, 0.25) is 0 Å². The molecule has 2 saturated heterocycles. The van der Waals surface area contributed by atoms with Gasteiger partial charge in [-0.3, -0.25) is 4.90 Å². The molecule has 3 atom stereocenters. The second kappa shape index (κ2) is 11.6. The van der Waals surface area contributed by atoms with E-state index < -0.39 is 11.9 Å². The number of anilines is 1. The number of amides is 1. The van der Waals surface area contributed by atoms with Gasteiger partial charge in [-0.2, -0.15) is 13.2 Å². The van der Waals surface area contributed by atoms with Crippen molar-refractivity contribution in [3.8, 4) is 0 Å². The number of nitrogens with zero attached hydrogens (tertiary/aromatic N) is 5. The van der Waals surface area contributed by atoms with E-state index in [2.05, 4.69) is 54.8 Å². The fourth-order valence-electron chi connectivity index (χ4n) is 5.81. The molecule has 0 bridgehead atoms. The first-order chi connectivity index (χ1) is 17.9. The highest BCUT2D eigenvalue weighted by Crippen LogP contribution is 2.31. The van der Waals surface area contributed by atoms with E-state index in [9.17, 15) is 18.0 Å². The topological polar surface area (TPSA) is 61.8 Å². The maximum Gasteiger partial charge on any atom is 0.434 e. The molecule has 0 aliphatic carbocycles. The highest BCUT2D eigenvalue weighted by atomic mass is 19.4. The first kappa shape index (κ1) is 28.3. The summed E-state index contributed by atoms with van der Waals surface area (Å²) in [7, 11) is 4.58. The van der Waals surface area contributed by atoms with Crippen LogP contribution in [-0.2, 0) is 17.5 Å². The van der Waals surface area contributed by atoms with Crippen molar-refractivity contribution in [3.05, 3.63) is 54.0 Å². The van der Waals surface area contributed by atoms with E-state index in [0.29, 0.717) is 31.4 Å². The maximum absolute atomic E-state index is 13.0. The molecule has 4 rings (SSSR count). The Morgan fingerprint density at radius 2 is 1.79 bits per heavy atom. The summed E-state index contributed by atoms with van der Waals surface area (Å²) in [5.74, 6) is 0.862.